The summed E-state index contributed by atoms with van der Waals surface area (Å²) in [5, 5.41) is 10.7. The van der Waals surface area contributed by atoms with Gasteiger partial charge in [0, 0.05) is 17.6 Å². The molecular weight excluding hydrogens is 356 g/mol. The number of carbonyl (C=O) groups is 1. The molecule has 0 aromatic heterocycles. The highest BCUT2D eigenvalue weighted by molar-refractivity contribution is 8.18. The Hall–Kier alpha value is -2.50. The lowest BCUT2D eigenvalue weighted by Crippen LogP contribution is -2.29. The molecule has 2 aromatic rings. The van der Waals surface area contributed by atoms with Crippen molar-refractivity contribution >= 4 is 46.2 Å². The maximum Gasteiger partial charge on any atom is 0.267 e. The molecule has 0 unspecified atom stereocenters. The molecule has 25 heavy (non-hydrogen) atoms. The van der Waals surface area contributed by atoms with Gasteiger partial charge in [-0.15, -0.1) is 6.58 Å². The molecule has 3 rings (SSSR count). The number of carbonyl (C=O) groups excluding carboxylic acids is 1. The third-order valence-electron chi connectivity index (χ3n) is 3.45. The van der Waals surface area contributed by atoms with Gasteiger partial charge >= 0.3 is 0 Å². The number of amidine groups is 1. The zero-order valence-electron chi connectivity index (χ0n) is 13.2. The van der Waals surface area contributed by atoms with E-state index < -0.39 is 0 Å². The highest BCUT2D eigenvalue weighted by Crippen LogP contribution is 2.35. The number of benzene rings is 2. The molecule has 126 valence electrons. The van der Waals surface area contributed by atoms with E-state index >= 15 is 0 Å². The van der Waals surface area contributed by atoms with Crippen molar-refractivity contribution < 1.29 is 9.90 Å². The van der Waals surface area contributed by atoms with Gasteiger partial charge in [0.1, 0.15) is 5.75 Å². The van der Waals surface area contributed by atoms with E-state index in [2.05, 4.69) is 11.6 Å². The van der Waals surface area contributed by atoms with Crippen molar-refractivity contribution in [2.75, 3.05) is 6.54 Å². The normalized spacial score (nSPS) is 17.5. The first-order chi connectivity index (χ1) is 12.1. The number of phenolic OH excluding ortho intramolecular Hbond substituents is 1. The minimum atomic E-state index is -0.149. The molecule has 1 amide bonds. The summed E-state index contributed by atoms with van der Waals surface area (Å²) in [6.07, 6.45) is 3.41. The van der Waals surface area contributed by atoms with Crippen LogP contribution in [0.2, 0.25) is 5.02 Å². The summed E-state index contributed by atoms with van der Waals surface area (Å²) >= 11 is 7.45. The largest absolute Gasteiger partial charge is 0.508 e. The quantitative estimate of drug-likeness (QED) is 0.619. The summed E-state index contributed by atoms with van der Waals surface area (Å²) in [4.78, 5) is 19.3. The molecule has 0 atom stereocenters. The number of aromatic hydroxyl groups is 1. The summed E-state index contributed by atoms with van der Waals surface area (Å²) in [5.74, 6) is -0.0259. The summed E-state index contributed by atoms with van der Waals surface area (Å²) in [5.41, 5.74) is 1.35. The second kappa shape index (κ2) is 7.59. The lowest BCUT2D eigenvalue weighted by Gasteiger charge is -2.12. The molecule has 1 heterocycles. The van der Waals surface area contributed by atoms with Crippen LogP contribution >= 0.6 is 23.4 Å². The molecule has 0 spiro atoms. The van der Waals surface area contributed by atoms with Gasteiger partial charge in [-0.3, -0.25) is 9.69 Å². The van der Waals surface area contributed by atoms with Crippen molar-refractivity contribution in [1.29, 1.82) is 0 Å². The number of aliphatic imine (C=N–C) groups is 1. The summed E-state index contributed by atoms with van der Waals surface area (Å²) in [6.45, 7) is 4.05. The second-order valence-electron chi connectivity index (χ2n) is 5.25. The molecule has 0 saturated carbocycles. The van der Waals surface area contributed by atoms with Crippen LogP contribution < -0.4 is 0 Å². The van der Waals surface area contributed by atoms with Crippen LogP contribution in [-0.2, 0) is 4.79 Å². The van der Waals surface area contributed by atoms with Crippen molar-refractivity contribution in [1.82, 2.24) is 4.90 Å². The molecule has 0 aliphatic carbocycles. The molecule has 4 nitrogen and oxygen atoms in total. The van der Waals surface area contributed by atoms with Gasteiger partial charge < -0.3 is 5.11 Å². The number of rotatable bonds is 4. The van der Waals surface area contributed by atoms with Crippen molar-refractivity contribution in [2.24, 2.45) is 4.99 Å². The number of amides is 1. The standard InChI is InChI=1S/C19H15ClN2O2S/c1-2-10-22-18(24)17(11-13-6-3-4-9-16(13)20)25-19(22)21-14-7-5-8-15(23)12-14/h2-9,11-12,23H,1,10H2/b17-11-,21-19?. The molecule has 0 radical (unpaired) electrons. The number of thioether (sulfide) groups is 1. The van der Waals surface area contributed by atoms with Gasteiger partial charge in [-0.1, -0.05) is 41.9 Å². The van der Waals surface area contributed by atoms with Crippen molar-refractivity contribution in [3.63, 3.8) is 0 Å². The zero-order chi connectivity index (χ0) is 17.8. The number of phenols is 1. The van der Waals surface area contributed by atoms with E-state index in [1.54, 1.807) is 47.4 Å². The molecular formula is C19H15ClN2O2S. The summed E-state index contributed by atoms with van der Waals surface area (Å²) in [6, 6.07) is 13.9. The van der Waals surface area contributed by atoms with Crippen molar-refractivity contribution in [3.8, 4) is 5.75 Å². The van der Waals surface area contributed by atoms with E-state index in [0.29, 0.717) is 27.3 Å². The Balaban J connectivity index is 1.98. The van der Waals surface area contributed by atoms with Crippen LogP contribution in [0.4, 0.5) is 5.69 Å². The maximum atomic E-state index is 12.7. The average Bonchev–Trinajstić information content (AvgIpc) is 2.86. The maximum absolute atomic E-state index is 12.7. The van der Waals surface area contributed by atoms with Crippen molar-refractivity contribution in [2.45, 2.75) is 0 Å². The van der Waals surface area contributed by atoms with Gasteiger partial charge in [0.2, 0.25) is 0 Å². The molecule has 1 aliphatic heterocycles. The van der Waals surface area contributed by atoms with Gasteiger partial charge in [-0.05, 0) is 41.6 Å². The topological polar surface area (TPSA) is 52.9 Å². The van der Waals surface area contributed by atoms with E-state index in [1.807, 2.05) is 18.2 Å². The first kappa shape index (κ1) is 17.3. The molecule has 0 bridgehead atoms. The number of halogens is 1. The fraction of sp³-hybridized carbons (Fsp3) is 0.0526. The SMILES string of the molecule is C=CCN1C(=O)/C(=C/c2ccccc2Cl)SC1=Nc1cccc(O)c1. The van der Waals surface area contributed by atoms with Gasteiger partial charge in [-0.25, -0.2) is 4.99 Å². The van der Waals surface area contributed by atoms with E-state index in [-0.39, 0.29) is 11.7 Å². The summed E-state index contributed by atoms with van der Waals surface area (Å²) < 4.78 is 0. The van der Waals surface area contributed by atoms with Gasteiger partial charge in [0.15, 0.2) is 5.17 Å². The zero-order valence-corrected chi connectivity index (χ0v) is 14.8. The average molecular weight is 371 g/mol. The lowest BCUT2D eigenvalue weighted by atomic mass is 10.2. The minimum Gasteiger partial charge on any atom is -0.508 e. The third-order valence-corrected chi connectivity index (χ3v) is 4.80. The Bertz CT molecular complexity index is 892. The van der Waals surface area contributed by atoms with Gasteiger partial charge in [0.05, 0.1) is 10.6 Å². The monoisotopic (exact) mass is 370 g/mol. The molecule has 1 aliphatic rings. The number of hydrogen-bond acceptors (Lipinski definition) is 4. The smallest absolute Gasteiger partial charge is 0.267 e. The Morgan fingerprint density at radius 3 is 2.76 bits per heavy atom. The van der Waals surface area contributed by atoms with Crippen molar-refractivity contribution in [3.05, 3.63) is 76.7 Å². The van der Waals surface area contributed by atoms with E-state index in [1.165, 1.54) is 11.8 Å². The Kier molecular flexibility index (Phi) is 5.26. The fourth-order valence-electron chi connectivity index (χ4n) is 2.29. The first-order valence-electron chi connectivity index (χ1n) is 7.53. The van der Waals surface area contributed by atoms with Crippen LogP contribution in [0, 0.1) is 0 Å². The second-order valence-corrected chi connectivity index (χ2v) is 6.67. The van der Waals surface area contributed by atoms with E-state index in [9.17, 15) is 9.90 Å². The van der Waals surface area contributed by atoms with Gasteiger partial charge in [0.25, 0.3) is 5.91 Å². The van der Waals surface area contributed by atoms with Crippen LogP contribution in [-0.4, -0.2) is 27.6 Å². The number of nitrogens with zero attached hydrogens (tertiary/aromatic N) is 2. The molecule has 6 heteroatoms. The first-order valence-corrected chi connectivity index (χ1v) is 8.72. The number of hydrogen-bond donors (Lipinski definition) is 1. The Labute approximate surface area is 155 Å². The summed E-state index contributed by atoms with van der Waals surface area (Å²) in [7, 11) is 0. The van der Waals surface area contributed by atoms with Crippen LogP contribution in [0.5, 0.6) is 5.75 Å². The van der Waals surface area contributed by atoms with E-state index in [4.69, 9.17) is 11.6 Å². The Morgan fingerprint density at radius 1 is 1.24 bits per heavy atom. The lowest BCUT2D eigenvalue weighted by molar-refractivity contribution is -0.121. The van der Waals surface area contributed by atoms with E-state index in [0.717, 1.165) is 5.56 Å². The highest BCUT2D eigenvalue weighted by Gasteiger charge is 2.32. The third kappa shape index (κ3) is 3.95. The van der Waals surface area contributed by atoms with Crippen LogP contribution in [0.1, 0.15) is 5.56 Å². The molecule has 1 fully saturated rings. The highest BCUT2D eigenvalue weighted by atomic mass is 35.5. The molecule has 1 N–H and O–H groups in total. The molecule has 1 saturated heterocycles. The fourth-order valence-corrected chi connectivity index (χ4v) is 3.48. The van der Waals surface area contributed by atoms with Crippen LogP contribution in [0.15, 0.2) is 71.1 Å². The predicted molar refractivity (Wildman–Crippen MR) is 104 cm³/mol. The van der Waals surface area contributed by atoms with Crippen LogP contribution in [0.25, 0.3) is 6.08 Å². The van der Waals surface area contributed by atoms with Crippen LogP contribution in [0.3, 0.4) is 0 Å². The minimum absolute atomic E-state index is 0.123. The Morgan fingerprint density at radius 2 is 2.04 bits per heavy atom. The predicted octanol–water partition coefficient (Wildman–Crippen LogP) is 4.84. The van der Waals surface area contributed by atoms with Gasteiger partial charge in [-0.2, -0.15) is 0 Å². The molecule has 2 aromatic carbocycles.